The molecule has 7 nitrogen and oxygen atoms in total. The average Bonchev–Trinajstić information content (AvgIpc) is 2.55. The highest BCUT2D eigenvalue weighted by Gasteiger charge is 2.07. The summed E-state index contributed by atoms with van der Waals surface area (Å²) in [5, 5.41) is 13.3. The molecule has 5 N–H and O–H groups in total. The number of nitrogens with zero attached hydrogens (tertiary/aromatic N) is 3. The van der Waals surface area contributed by atoms with Gasteiger partial charge < -0.3 is 21.8 Å². The standard InChI is InChI=1S/C14H17N7/c1-17-13(16)11(8-15)12-5-7-19-14(21-12)20-9-10-4-2-3-6-18-10/h2-8,15,17H,9,16H2,1H3,(H,19,20,21)/b13-11+,15-8?. The Kier molecular flexibility index (Phi) is 4.81. The molecule has 0 aromatic carbocycles. The van der Waals surface area contributed by atoms with E-state index in [1.165, 1.54) is 0 Å². The molecule has 0 radical (unpaired) electrons. The van der Waals surface area contributed by atoms with Crippen molar-refractivity contribution < 1.29 is 0 Å². The van der Waals surface area contributed by atoms with Gasteiger partial charge in [0.05, 0.1) is 23.5 Å². The fraction of sp³-hybridized carbons (Fsp3) is 0.143. The normalized spacial score (nSPS) is 11.5. The lowest BCUT2D eigenvalue weighted by atomic mass is 10.2. The van der Waals surface area contributed by atoms with Gasteiger partial charge in [-0.15, -0.1) is 0 Å². The van der Waals surface area contributed by atoms with Crippen LogP contribution in [0.4, 0.5) is 5.95 Å². The molecule has 2 aromatic heterocycles. The molecule has 0 saturated carbocycles. The highest BCUT2D eigenvalue weighted by Crippen LogP contribution is 2.12. The van der Waals surface area contributed by atoms with Crippen molar-refractivity contribution in [2.45, 2.75) is 6.54 Å². The van der Waals surface area contributed by atoms with Crippen LogP contribution >= 0.6 is 0 Å². The molecule has 0 aliphatic heterocycles. The van der Waals surface area contributed by atoms with Gasteiger partial charge >= 0.3 is 0 Å². The molecule has 7 heteroatoms. The first-order valence-electron chi connectivity index (χ1n) is 6.39. The number of allylic oxidation sites excluding steroid dienone is 1. The summed E-state index contributed by atoms with van der Waals surface area (Å²) in [5.74, 6) is 0.848. The number of nitrogens with two attached hydrogens (primary N) is 1. The highest BCUT2D eigenvalue weighted by atomic mass is 15.1. The third-order valence-electron chi connectivity index (χ3n) is 2.79. The van der Waals surface area contributed by atoms with Crippen molar-refractivity contribution in [3.05, 3.63) is 53.9 Å². The lowest BCUT2D eigenvalue weighted by Gasteiger charge is -2.08. The molecular formula is C14H17N7. The zero-order chi connectivity index (χ0) is 15.1. The largest absolute Gasteiger partial charge is 0.385 e. The predicted molar refractivity (Wildman–Crippen MR) is 82.5 cm³/mol. The molecular weight excluding hydrogens is 266 g/mol. The van der Waals surface area contributed by atoms with Crippen LogP contribution in [-0.2, 0) is 6.54 Å². The van der Waals surface area contributed by atoms with Gasteiger partial charge in [-0.25, -0.2) is 9.97 Å². The van der Waals surface area contributed by atoms with Gasteiger partial charge in [-0.3, -0.25) is 4.98 Å². The Morgan fingerprint density at radius 1 is 1.29 bits per heavy atom. The van der Waals surface area contributed by atoms with E-state index in [-0.39, 0.29) is 0 Å². The van der Waals surface area contributed by atoms with Crippen molar-refractivity contribution in [2.75, 3.05) is 12.4 Å². The topological polar surface area (TPSA) is 113 Å². The Morgan fingerprint density at radius 3 is 2.81 bits per heavy atom. The van der Waals surface area contributed by atoms with Crippen LogP contribution in [0.1, 0.15) is 11.4 Å². The predicted octanol–water partition coefficient (Wildman–Crippen LogP) is 0.980. The number of aromatic nitrogens is 3. The van der Waals surface area contributed by atoms with Crippen molar-refractivity contribution in [1.82, 2.24) is 20.3 Å². The smallest absolute Gasteiger partial charge is 0.223 e. The maximum Gasteiger partial charge on any atom is 0.223 e. The summed E-state index contributed by atoms with van der Waals surface area (Å²) < 4.78 is 0. The lowest BCUT2D eigenvalue weighted by molar-refractivity contribution is 0.965. The van der Waals surface area contributed by atoms with Crippen molar-refractivity contribution in [1.29, 1.82) is 5.41 Å². The van der Waals surface area contributed by atoms with Crippen molar-refractivity contribution in [3.63, 3.8) is 0 Å². The SMILES string of the molecule is CN/C(N)=C(\C=N)c1ccnc(NCc2ccccn2)n1. The number of rotatable bonds is 6. The fourth-order valence-electron chi connectivity index (χ4n) is 1.69. The Hall–Kier alpha value is -2.96. The van der Waals surface area contributed by atoms with E-state index in [4.69, 9.17) is 11.1 Å². The van der Waals surface area contributed by atoms with E-state index < -0.39 is 0 Å². The Labute approximate surface area is 122 Å². The monoisotopic (exact) mass is 283 g/mol. The Bertz CT molecular complexity index is 637. The van der Waals surface area contributed by atoms with Crippen LogP contribution in [0.5, 0.6) is 0 Å². The van der Waals surface area contributed by atoms with Gasteiger partial charge in [0.2, 0.25) is 5.95 Å². The summed E-state index contributed by atoms with van der Waals surface area (Å²) in [6.07, 6.45) is 4.52. The fourth-order valence-corrected chi connectivity index (χ4v) is 1.69. The number of anilines is 1. The molecule has 0 unspecified atom stereocenters. The van der Waals surface area contributed by atoms with Crippen LogP contribution in [0.2, 0.25) is 0 Å². The van der Waals surface area contributed by atoms with Crippen molar-refractivity contribution in [2.24, 2.45) is 5.73 Å². The molecule has 2 heterocycles. The molecule has 0 spiro atoms. The Balaban J connectivity index is 2.16. The molecule has 0 atom stereocenters. The second kappa shape index (κ2) is 6.99. The minimum absolute atomic E-state index is 0.388. The molecule has 0 bridgehead atoms. The van der Waals surface area contributed by atoms with E-state index >= 15 is 0 Å². The molecule has 2 aromatic rings. The number of nitrogens with one attached hydrogen (secondary N) is 3. The second-order valence-corrected chi connectivity index (χ2v) is 4.16. The van der Waals surface area contributed by atoms with E-state index in [9.17, 15) is 0 Å². The van der Waals surface area contributed by atoms with E-state index in [0.29, 0.717) is 29.6 Å². The average molecular weight is 283 g/mol. The molecule has 2 rings (SSSR count). The first kappa shape index (κ1) is 14.4. The maximum absolute atomic E-state index is 7.44. The minimum atomic E-state index is 0.388. The summed E-state index contributed by atoms with van der Waals surface area (Å²) in [4.78, 5) is 12.7. The van der Waals surface area contributed by atoms with Gasteiger partial charge in [-0.05, 0) is 18.2 Å². The maximum atomic E-state index is 7.44. The van der Waals surface area contributed by atoms with E-state index in [0.717, 1.165) is 11.9 Å². The molecule has 0 aliphatic rings. The van der Waals surface area contributed by atoms with Crippen LogP contribution in [0.3, 0.4) is 0 Å². The molecule has 0 saturated heterocycles. The van der Waals surface area contributed by atoms with Gasteiger partial charge in [-0.1, -0.05) is 6.07 Å². The molecule has 108 valence electrons. The summed E-state index contributed by atoms with van der Waals surface area (Å²) in [6.45, 7) is 0.523. The van der Waals surface area contributed by atoms with Crippen LogP contribution in [-0.4, -0.2) is 28.2 Å². The van der Waals surface area contributed by atoms with Crippen LogP contribution < -0.4 is 16.4 Å². The summed E-state index contributed by atoms with van der Waals surface area (Å²) in [7, 11) is 1.69. The zero-order valence-electron chi connectivity index (χ0n) is 11.7. The quantitative estimate of drug-likeness (QED) is 0.588. The summed E-state index contributed by atoms with van der Waals surface area (Å²) >= 11 is 0. The first-order chi connectivity index (χ1) is 10.2. The zero-order valence-corrected chi connectivity index (χ0v) is 11.7. The van der Waals surface area contributed by atoms with Gasteiger partial charge in [0.15, 0.2) is 0 Å². The van der Waals surface area contributed by atoms with Crippen LogP contribution in [0.25, 0.3) is 5.57 Å². The van der Waals surface area contributed by atoms with Crippen molar-refractivity contribution >= 4 is 17.7 Å². The van der Waals surface area contributed by atoms with Gasteiger partial charge in [-0.2, -0.15) is 0 Å². The Morgan fingerprint density at radius 2 is 2.14 bits per heavy atom. The third kappa shape index (κ3) is 3.75. The van der Waals surface area contributed by atoms with Crippen LogP contribution in [0.15, 0.2) is 42.5 Å². The van der Waals surface area contributed by atoms with Gasteiger partial charge in [0, 0.05) is 25.7 Å². The molecule has 21 heavy (non-hydrogen) atoms. The second-order valence-electron chi connectivity index (χ2n) is 4.16. The van der Waals surface area contributed by atoms with E-state index in [1.807, 2.05) is 18.2 Å². The highest BCUT2D eigenvalue weighted by molar-refractivity contribution is 6.08. The van der Waals surface area contributed by atoms with Crippen LogP contribution in [0, 0.1) is 5.41 Å². The third-order valence-corrected chi connectivity index (χ3v) is 2.79. The van der Waals surface area contributed by atoms with Crippen molar-refractivity contribution in [3.8, 4) is 0 Å². The molecule has 0 aliphatic carbocycles. The molecule has 0 amide bonds. The number of hydrogen-bond acceptors (Lipinski definition) is 7. The van der Waals surface area contributed by atoms with Gasteiger partial charge in [0.1, 0.15) is 5.82 Å². The van der Waals surface area contributed by atoms with Gasteiger partial charge in [0.25, 0.3) is 0 Å². The lowest BCUT2D eigenvalue weighted by Crippen LogP contribution is -2.18. The first-order valence-corrected chi connectivity index (χ1v) is 6.39. The minimum Gasteiger partial charge on any atom is -0.385 e. The summed E-state index contributed by atoms with van der Waals surface area (Å²) in [6, 6.07) is 7.41. The summed E-state index contributed by atoms with van der Waals surface area (Å²) in [5.41, 5.74) is 7.79. The number of hydrogen-bond donors (Lipinski definition) is 4. The van der Waals surface area contributed by atoms with E-state index in [2.05, 4.69) is 25.6 Å². The molecule has 0 fully saturated rings. The number of pyridine rings is 1. The van der Waals surface area contributed by atoms with E-state index in [1.54, 1.807) is 25.5 Å².